The second-order valence-corrected chi connectivity index (χ2v) is 4.34. The molecule has 0 aliphatic heterocycles. The molecule has 0 aromatic heterocycles. The van der Waals surface area contributed by atoms with Crippen LogP contribution in [0.3, 0.4) is 0 Å². The zero-order chi connectivity index (χ0) is 13.4. The van der Waals surface area contributed by atoms with Crippen LogP contribution in [-0.2, 0) is 0 Å². The van der Waals surface area contributed by atoms with Gasteiger partial charge in [-0.1, -0.05) is 31.4 Å². The highest BCUT2D eigenvalue weighted by Gasteiger charge is 2.04. The number of urea groups is 1. The number of nitrogens with one attached hydrogen (secondary N) is 2. The van der Waals surface area contributed by atoms with Gasteiger partial charge >= 0.3 is 6.03 Å². The summed E-state index contributed by atoms with van der Waals surface area (Å²) in [5, 5.41) is 5.98. The molecule has 0 fully saturated rings. The van der Waals surface area contributed by atoms with E-state index in [-0.39, 0.29) is 6.03 Å². The van der Waals surface area contributed by atoms with Crippen LogP contribution in [0.5, 0.6) is 5.75 Å². The number of hydrogen-bond acceptors (Lipinski definition) is 2. The average molecular weight is 271 g/mol. The van der Waals surface area contributed by atoms with Crippen molar-refractivity contribution in [2.45, 2.75) is 26.2 Å². The molecule has 4 nitrogen and oxygen atoms in total. The lowest BCUT2D eigenvalue weighted by molar-refractivity contribution is 0.252. The molecule has 100 valence electrons. The maximum atomic E-state index is 11.5. The molecule has 0 saturated heterocycles. The van der Waals surface area contributed by atoms with E-state index in [1.807, 2.05) is 0 Å². The molecule has 18 heavy (non-hydrogen) atoms. The molecule has 1 rings (SSSR count). The molecule has 0 atom stereocenters. The zero-order valence-corrected chi connectivity index (χ0v) is 11.5. The van der Waals surface area contributed by atoms with Crippen LogP contribution in [0.4, 0.5) is 10.5 Å². The van der Waals surface area contributed by atoms with Crippen LogP contribution in [0.15, 0.2) is 18.2 Å². The van der Waals surface area contributed by atoms with Gasteiger partial charge in [-0.15, -0.1) is 0 Å². The fraction of sp³-hybridized carbons (Fsp3) is 0.462. The molecule has 0 radical (unpaired) electrons. The Bertz CT molecular complexity index is 397. The number of methoxy groups -OCH3 is 1. The third-order valence-electron chi connectivity index (χ3n) is 2.48. The fourth-order valence-electron chi connectivity index (χ4n) is 1.50. The zero-order valence-electron chi connectivity index (χ0n) is 10.8. The molecular formula is C13H19ClN2O2. The number of amides is 2. The number of unbranched alkanes of at least 4 members (excludes halogenated alkanes) is 2. The maximum absolute atomic E-state index is 11.5. The molecule has 5 heteroatoms. The Morgan fingerprint density at radius 2 is 2.17 bits per heavy atom. The SMILES string of the molecule is CCCCCNC(=O)Nc1ccc(OC)c(Cl)c1. The van der Waals surface area contributed by atoms with Crippen LogP contribution in [0.1, 0.15) is 26.2 Å². The van der Waals surface area contributed by atoms with Gasteiger partial charge in [0.15, 0.2) is 0 Å². The Hall–Kier alpha value is -1.42. The molecule has 0 unspecified atom stereocenters. The molecule has 0 saturated carbocycles. The molecule has 0 aliphatic carbocycles. The van der Waals surface area contributed by atoms with Crippen molar-refractivity contribution in [2.24, 2.45) is 0 Å². The first-order chi connectivity index (χ1) is 8.67. The molecule has 1 aromatic rings. The first kappa shape index (κ1) is 14.6. The number of carbonyl (C=O) groups excluding carboxylic acids is 1. The van der Waals surface area contributed by atoms with Gasteiger partial charge in [0.2, 0.25) is 0 Å². The highest BCUT2D eigenvalue weighted by Crippen LogP contribution is 2.26. The Balaban J connectivity index is 2.42. The standard InChI is InChI=1S/C13H19ClN2O2/c1-3-4-5-8-15-13(17)16-10-6-7-12(18-2)11(14)9-10/h6-7,9H,3-5,8H2,1-2H3,(H2,15,16,17). The van der Waals surface area contributed by atoms with Crippen molar-refractivity contribution in [1.29, 1.82) is 0 Å². The Kier molecular flexibility index (Phi) is 6.36. The van der Waals surface area contributed by atoms with E-state index in [0.29, 0.717) is 23.0 Å². The maximum Gasteiger partial charge on any atom is 0.319 e. The van der Waals surface area contributed by atoms with Gasteiger partial charge in [-0.2, -0.15) is 0 Å². The molecule has 0 heterocycles. The third-order valence-corrected chi connectivity index (χ3v) is 2.77. The summed E-state index contributed by atoms with van der Waals surface area (Å²) in [6.07, 6.45) is 3.25. The average Bonchev–Trinajstić information content (AvgIpc) is 2.35. The van der Waals surface area contributed by atoms with Crippen molar-refractivity contribution in [3.63, 3.8) is 0 Å². The molecule has 0 bridgehead atoms. The van der Waals surface area contributed by atoms with Crippen LogP contribution in [0.25, 0.3) is 0 Å². The summed E-state index contributed by atoms with van der Waals surface area (Å²) >= 11 is 5.96. The van der Waals surface area contributed by atoms with Crippen molar-refractivity contribution >= 4 is 23.3 Å². The largest absolute Gasteiger partial charge is 0.495 e. The first-order valence-electron chi connectivity index (χ1n) is 6.05. The lowest BCUT2D eigenvalue weighted by Crippen LogP contribution is -2.29. The van der Waals surface area contributed by atoms with E-state index in [1.54, 1.807) is 25.3 Å². The Morgan fingerprint density at radius 3 is 2.78 bits per heavy atom. The predicted molar refractivity (Wildman–Crippen MR) is 74.6 cm³/mol. The number of ether oxygens (including phenoxy) is 1. The summed E-state index contributed by atoms with van der Waals surface area (Å²) in [4.78, 5) is 11.5. The van der Waals surface area contributed by atoms with Crippen molar-refractivity contribution < 1.29 is 9.53 Å². The fourth-order valence-corrected chi connectivity index (χ4v) is 1.75. The van der Waals surface area contributed by atoms with Crippen LogP contribution >= 0.6 is 11.6 Å². The quantitative estimate of drug-likeness (QED) is 0.775. The number of anilines is 1. The van der Waals surface area contributed by atoms with E-state index < -0.39 is 0 Å². The van der Waals surface area contributed by atoms with Gasteiger partial charge in [0.25, 0.3) is 0 Å². The summed E-state index contributed by atoms with van der Waals surface area (Å²) in [5.41, 5.74) is 0.647. The number of halogens is 1. The Morgan fingerprint density at radius 1 is 1.39 bits per heavy atom. The van der Waals surface area contributed by atoms with E-state index in [1.165, 1.54) is 0 Å². The van der Waals surface area contributed by atoms with Gasteiger partial charge in [0, 0.05) is 12.2 Å². The number of rotatable bonds is 6. The molecule has 0 spiro atoms. The number of benzene rings is 1. The first-order valence-corrected chi connectivity index (χ1v) is 6.43. The minimum absolute atomic E-state index is 0.215. The summed E-state index contributed by atoms with van der Waals surface area (Å²) in [6.45, 7) is 2.81. The summed E-state index contributed by atoms with van der Waals surface area (Å²) in [6, 6.07) is 4.91. The van der Waals surface area contributed by atoms with Crippen molar-refractivity contribution in [2.75, 3.05) is 19.0 Å². The second-order valence-electron chi connectivity index (χ2n) is 3.94. The van der Waals surface area contributed by atoms with E-state index in [4.69, 9.17) is 16.3 Å². The van der Waals surface area contributed by atoms with Crippen molar-refractivity contribution in [3.8, 4) is 5.75 Å². The number of carbonyl (C=O) groups is 1. The van der Waals surface area contributed by atoms with E-state index >= 15 is 0 Å². The van der Waals surface area contributed by atoms with E-state index in [0.717, 1.165) is 19.3 Å². The van der Waals surface area contributed by atoms with Gasteiger partial charge in [-0.25, -0.2) is 4.79 Å². The van der Waals surface area contributed by atoms with E-state index in [9.17, 15) is 4.79 Å². The van der Waals surface area contributed by atoms with Crippen LogP contribution in [-0.4, -0.2) is 19.7 Å². The van der Waals surface area contributed by atoms with Gasteiger partial charge in [-0.05, 0) is 24.6 Å². The minimum atomic E-state index is -0.215. The topological polar surface area (TPSA) is 50.4 Å². The predicted octanol–water partition coefficient (Wildman–Crippen LogP) is 3.66. The van der Waals surface area contributed by atoms with Crippen LogP contribution in [0.2, 0.25) is 5.02 Å². The minimum Gasteiger partial charge on any atom is -0.495 e. The van der Waals surface area contributed by atoms with E-state index in [2.05, 4.69) is 17.6 Å². The lowest BCUT2D eigenvalue weighted by Gasteiger charge is -2.09. The second kappa shape index (κ2) is 7.82. The summed E-state index contributed by atoms with van der Waals surface area (Å²) in [5.74, 6) is 0.588. The monoisotopic (exact) mass is 270 g/mol. The third kappa shape index (κ3) is 4.84. The molecule has 2 amide bonds. The summed E-state index contributed by atoms with van der Waals surface area (Å²) < 4.78 is 5.04. The van der Waals surface area contributed by atoms with Crippen molar-refractivity contribution in [3.05, 3.63) is 23.2 Å². The summed E-state index contributed by atoms with van der Waals surface area (Å²) in [7, 11) is 1.55. The Labute approximate surface area is 113 Å². The highest BCUT2D eigenvalue weighted by atomic mass is 35.5. The normalized spacial score (nSPS) is 9.94. The smallest absolute Gasteiger partial charge is 0.319 e. The molecule has 0 aliphatic rings. The van der Waals surface area contributed by atoms with Crippen molar-refractivity contribution in [1.82, 2.24) is 5.32 Å². The molecular weight excluding hydrogens is 252 g/mol. The molecule has 2 N–H and O–H groups in total. The van der Waals surface area contributed by atoms with Crippen LogP contribution in [0, 0.1) is 0 Å². The van der Waals surface area contributed by atoms with Gasteiger partial charge in [0.05, 0.1) is 12.1 Å². The highest BCUT2D eigenvalue weighted by molar-refractivity contribution is 6.32. The van der Waals surface area contributed by atoms with Crippen LogP contribution < -0.4 is 15.4 Å². The van der Waals surface area contributed by atoms with Gasteiger partial charge < -0.3 is 15.4 Å². The number of hydrogen-bond donors (Lipinski definition) is 2. The lowest BCUT2D eigenvalue weighted by atomic mass is 10.2. The van der Waals surface area contributed by atoms with Gasteiger partial charge in [0.1, 0.15) is 5.75 Å². The van der Waals surface area contributed by atoms with Gasteiger partial charge in [-0.3, -0.25) is 0 Å². The molecule has 1 aromatic carbocycles.